The Balaban J connectivity index is 1.47. The summed E-state index contributed by atoms with van der Waals surface area (Å²) < 4.78 is 5.49. The van der Waals surface area contributed by atoms with Crippen molar-refractivity contribution in [1.29, 1.82) is 0 Å². The molecule has 9 nitrogen and oxygen atoms in total. The second-order valence-electron chi connectivity index (χ2n) is 8.31. The van der Waals surface area contributed by atoms with Crippen molar-refractivity contribution in [1.82, 2.24) is 9.97 Å². The molecule has 2 aromatic carbocycles. The maximum atomic E-state index is 12.5. The largest absolute Gasteiger partial charge is 0.378 e. The predicted octanol–water partition coefficient (Wildman–Crippen LogP) is 4.45. The fourth-order valence-corrected chi connectivity index (χ4v) is 3.98. The van der Waals surface area contributed by atoms with Gasteiger partial charge in [0, 0.05) is 53.9 Å². The SMILES string of the molecule is CCc1nc(-c2ccc(NC(=O)Nc3cccc(NC(C)=O)c3)cc2)nc(N2CCOCC2)c1C. The molecule has 0 spiro atoms. The summed E-state index contributed by atoms with van der Waals surface area (Å²) in [5, 5.41) is 8.29. The standard InChI is InChI=1S/C26H30N6O3/c1-4-23-17(2)25(32-12-14-35-15-13-32)31-24(30-23)19-8-10-20(11-9-19)28-26(34)29-22-7-5-6-21(16-22)27-18(3)33/h5-11,16H,4,12-15H2,1-3H3,(H,27,33)(H2,28,29,34). The van der Waals surface area contributed by atoms with E-state index >= 15 is 0 Å². The van der Waals surface area contributed by atoms with E-state index in [-0.39, 0.29) is 11.9 Å². The van der Waals surface area contributed by atoms with E-state index in [1.807, 2.05) is 24.3 Å². The number of nitrogens with zero attached hydrogens (tertiary/aromatic N) is 3. The highest BCUT2D eigenvalue weighted by Gasteiger charge is 2.19. The van der Waals surface area contributed by atoms with E-state index in [1.54, 1.807) is 24.3 Å². The van der Waals surface area contributed by atoms with Crippen molar-refractivity contribution in [2.75, 3.05) is 47.2 Å². The van der Waals surface area contributed by atoms with Gasteiger partial charge in [0.05, 0.1) is 13.2 Å². The van der Waals surface area contributed by atoms with Gasteiger partial charge in [0.15, 0.2) is 5.82 Å². The Morgan fingerprint density at radius 2 is 1.60 bits per heavy atom. The van der Waals surface area contributed by atoms with Crippen molar-refractivity contribution >= 4 is 34.8 Å². The van der Waals surface area contributed by atoms with Gasteiger partial charge in [-0.15, -0.1) is 0 Å². The average Bonchev–Trinajstić information content (AvgIpc) is 2.85. The molecule has 3 amide bonds. The van der Waals surface area contributed by atoms with Crippen LogP contribution in [-0.4, -0.2) is 48.2 Å². The second kappa shape index (κ2) is 11.0. The van der Waals surface area contributed by atoms with Gasteiger partial charge in [-0.3, -0.25) is 4.79 Å². The lowest BCUT2D eigenvalue weighted by atomic mass is 10.1. The highest BCUT2D eigenvalue weighted by molar-refractivity contribution is 6.00. The fourth-order valence-electron chi connectivity index (χ4n) is 3.98. The molecule has 1 saturated heterocycles. The molecule has 35 heavy (non-hydrogen) atoms. The first-order chi connectivity index (χ1) is 16.9. The van der Waals surface area contributed by atoms with Crippen LogP contribution in [0.5, 0.6) is 0 Å². The van der Waals surface area contributed by atoms with Gasteiger partial charge in [-0.1, -0.05) is 13.0 Å². The number of aromatic nitrogens is 2. The van der Waals surface area contributed by atoms with Crippen molar-refractivity contribution in [3.63, 3.8) is 0 Å². The molecule has 0 atom stereocenters. The second-order valence-corrected chi connectivity index (χ2v) is 8.31. The molecule has 0 saturated carbocycles. The number of amides is 3. The van der Waals surface area contributed by atoms with Crippen LogP contribution < -0.4 is 20.9 Å². The summed E-state index contributed by atoms with van der Waals surface area (Å²) in [5.41, 5.74) is 4.83. The zero-order chi connectivity index (χ0) is 24.8. The summed E-state index contributed by atoms with van der Waals surface area (Å²) in [6.45, 7) is 8.62. The number of urea groups is 1. The third-order valence-electron chi connectivity index (χ3n) is 5.71. The Bertz CT molecular complexity index is 1210. The molecule has 1 aliphatic rings. The minimum Gasteiger partial charge on any atom is -0.378 e. The molecule has 0 aliphatic carbocycles. The lowest BCUT2D eigenvalue weighted by Gasteiger charge is -2.29. The smallest absolute Gasteiger partial charge is 0.323 e. The zero-order valence-electron chi connectivity index (χ0n) is 20.2. The van der Waals surface area contributed by atoms with Gasteiger partial charge >= 0.3 is 6.03 Å². The number of nitrogens with one attached hydrogen (secondary N) is 3. The molecule has 4 rings (SSSR count). The molecule has 182 valence electrons. The van der Waals surface area contributed by atoms with Crippen LogP contribution in [0.1, 0.15) is 25.1 Å². The van der Waals surface area contributed by atoms with Gasteiger partial charge in [-0.05, 0) is 55.8 Å². The lowest BCUT2D eigenvalue weighted by Crippen LogP contribution is -2.37. The molecular weight excluding hydrogens is 444 g/mol. The zero-order valence-corrected chi connectivity index (χ0v) is 20.2. The van der Waals surface area contributed by atoms with Gasteiger partial charge < -0.3 is 25.6 Å². The van der Waals surface area contributed by atoms with Crippen LogP contribution in [-0.2, 0) is 16.0 Å². The van der Waals surface area contributed by atoms with Crippen LogP contribution in [0.2, 0.25) is 0 Å². The number of hydrogen-bond donors (Lipinski definition) is 3. The normalized spacial score (nSPS) is 13.3. The number of anilines is 4. The number of morpholine rings is 1. The van der Waals surface area contributed by atoms with E-state index in [4.69, 9.17) is 14.7 Å². The van der Waals surface area contributed by atoms with Crippen molar-refractivity contribution in [3.8, 4) is 11.4 Å². The summed E-state index contributed by atoms with van der Waals surface area (Å²) in [5.74, 6) is 1.45. The Morgan fingerprint density at radius 3 is 2.26 bits per heavy atom. The first-order valence-corrected chi connectivity index (χ1v) is 11.7. The number of aryl methyl sites for hydroxylation is 1. The van der Waals surface area contributed by atoms with E-state index in [0.717, 1.165) is 42.1 Å². The molecule has 3 aromatic rings. The van der Waals surface area contributed by atoms with E-state index in [1.165, 1.54) is 6.92 Å². The molecular formula is C26H30N6O3. The lowest BCUT2D eigenvalue weighted by molar-refractivity contribution is -0.114. The molecule has 0 radical (unpaired) electrons. The molecule has 2 heterocycles. The molecule has 0 unspecified atom stereocenters. The predicted molar refractivity (Wildman–Crippen MR) is 138 cm³/mol. The first kappa shape index (κ1) is 24.2. The Hall–Kier alpha value is -3.98. The Labute approximate surface area is 204 Å². The molecule has 1 aliphatic heterocycles. The van der Waals surface area contributed by atoms with Gasteiger partial charge in [-0.25, -0.2) is 14.8 Å². The van der Waals surface area contributed by atoms with Crippen LogP contribution in [0.3, 0.4) is 0 Å². The Kier molecular flexibility index (Phi) is 7.57. The maximum Gasteiger partial charge on any atom is 0.323 e. The van der Waals surface area contributed by atoms with Gasteiger partial charge in [0.25, 0.3) is 0 Å². The van der Waals surface area contributed by atoms with E-state index in [9.17, 15) is 9.59 Å². The van der Waals surface area contributed by atoms with E-state index in [2.05, 4.69) is 34.7 Å². The summed E-state index contributed by atoms with van der Waals surface area (Å²) >= 11 is 0. The highest BCUT2D eigenvalue weighted by atomic mass is 16.5. The van der Waals surface area contributed by atoms with E-state index < -0.39 is 0 Å². The van der Waals surface area contributed by atoms with Crippen LogP contribution in [0.15, 0.2) is 48.5 Å². The molecule has 1 aromatic heterocycles. The molecule has 0 bridgehead atoms. The molecule has 1 fully saturated rings. The van der Waals surface area contributed by atoms with Crippen molar-refractivity contribution in [2.45, 2.75) is 27.2 Å². The van der Waals surface area contributed by atoms with Crippen LogP contribution in [0.4, 0.5) is 27.7 Å². The maximum absolute atomic E-state index is 12.5. The summed E-state index contributed by atoms with van der Waals surface area (Å²) in [7, 11) is 0. The van der Waals surface area contributed by atoms with Crippen LogP contribution >= 0.6 is 0 Å². The van der Waals surface area contributed by atoms with Crippen LogP contribution in [0.25, 0.3) is 11.4 Å². The average molecular weight is 475 g/mol. The monoisotopic (exact) mass is 474 g/mol. The number of hydrogen-bond acceptors (Lipinski definition) is 6. The summed E-state index contributed by atoms with van der Waals surface area (Å²) in [4.78, 5) is 35.6. The minimum atomic E-state index is -0.382. The highest BCUT2D eigenvalue weighted by Crippen LogP contribution is 2.27. The van der Waals surface area contributed by atoms with E-state index in [0.29, 0.717) is 36.1 Å². The number of benzene rings is 2. The first-order valence-electron chi connectivity index (χ1n) is 11.7. The number of carbonyl (C=O) groups excluding carboxylic acids is 2. The third-order valence-corrected chi connectivity index (χ3v) is 5.71. The molecule has 9 heteroatoms. The van der Waals surface area contributed by atoms with Crippen molar-refractivity contribution in [2.24, 2.45) is 0 Å². The van der Waals surface area contributed by atoms with Crippen LogP contribution in [0, 0.1) is 6.92 Å². The van der Waals surface area contributed by atoms with Gasteiger partial charge in [-0.2, -0.15) is 0 Å². The molecule has 3 N–H and O–H groups in total. The third kappa shape index (κ3) is 6.13. The summed E-state index contributed by atoms with van der Waals surface area (Å²) in [6, 6.07) is 14.0. The summed E-state index contributed by atoms with van der Waals surface area (Å²) in [6.07, 6.45) is 0.821. The number of rotatable bonds is 6. The minimum absolute atomic E-state index is 0.174. The van der Waals surface area contributed by atoms with Crippen molar-refractivity contribution < 1.29 is 14.3 Å². The van der Waals surface area contributed by atoms with Gasteiger partial charge in [0.1, 0.15) is 5.82 Å². The number of carbonyl (C=O) groups is 2. The van der Waals surface area contributed by atoms with Crippen molar-refractivity contribution in [3.05, 3.63) is 59.8 Å². The topological polar surface area (TPSA) is 108 Å². The quantitative estimate of drug-likeness (QED) is 0.487. The Morgan fingerprint density at radius 1 is 0.943 bits per heavy atom. The number of ether oxygens (including phenoxy) is 1. The fraction of sp³-hybridized carbons (Fsp3) is 0.308. The van der Waals surface area contributed by atoms with Gasteiger partial charge in [0.2, 0.25) is 5.91 Å².